The quantitative estimate of drug-likeness (QED) is 0.298. The van der Waals surface area contributed by atoms with Crippen LogP contribution in [-0.4, -0.2) is 43.8 Å². The number of nitrogens with one attached hydrogen (secondary N) is 1. The van der Waals surface area contributed by atoms with Crippen LogP contribution in [-0.2, 0) is 32.3 Å². The third-order valence-corrected chi connectivity index (χ3v) is 8.74. The standard InChI is InChI=1S/C31H36F3N3O4S/c1-6-23(4)35-30(39)24(5)36(19-25-10-7-9-22(3)17-25)29(38)20-37(27-12-8-11-26(18-27)31(32,33)34)42(40,41)28-15-13-21(2)14-16-28/h7-18,23-24H,6,19-20H2,1-5H3,(H,35,39)/t23-,24-/m0/s1. The number of alkyl halides is 3. The van der Waals surface area contributed by atoms with Crippen molar-refractivity contribution in [3.05, 3.63) is 95.1 Å². The molecule has 1 N–H and O–H groups in total. The van der Waals surface area contributed by atoms with Crippen LogP contribution in [0.4, 0.5) is 18.9 Å². The second-order valence-electron chi connectivity index (χ2n) is 10.4. The number of amides is 2. The average Bonchev–Trinajstić information content (AvgIpc) is 2.93. The highest BCUT2D eigenvalue weighted by atomic mass is 32.2. The molecule has 2 amide bonds. The Labute approximate surface area is 245 Å². The van der Waals surface area contributed by atoms with Crippen LogP contribution in [0.1, 0.15) is 49.4 Å². The number of nitrogens with zero attached hydrogens (tertiary/aromatic N) is 2. The molecule has 3 aromatic carbocycles. The molecule has 42 heavy (non-hydrogen) atoms. The van der Waals surface area contributed by atoms with E-state index in [0.717, 1.165) is 23.3 Å². The number of halogens is 3. The third-order valence-electron chi connectivity index (χ3n) is 6.95. The van der Waals surface area contributed by atoms with Gasteiger partial charge in [-0.15, -0.1) is 0 Å². The molecule has 11 heteroatoms. The first-order valence-corrected chi connectivity index (χ1v) is 15.0. The van der Waals surface area contributed by atoms with Gasteiger partial charge in [-0.1, -0.05) is 60.5 Å². The summed E-state index contributed by atoms with van der Waals surface area (Å²) in [6.45, 7) is 8.04. The zero-order chi connectivity index (χ0) is 31.2. The van der Waals surface area contributed by atoms with Crippen molar-refractivity contribution in [3.8, 4) is 0 Å². The van der Waals surface area contributed by atoms with Crippen LogP contribution in [0.5, 0.6) is 0 Å². The molecule has 0 spiro atoms. The van der Waals surface area contributed by atoms with Gasteiger partial charge in [-0.25, -0.2) is 8.42 Å². The second-order valence-corrected chi connectivity index (χ2v) is 12.2. The Bertz CT molecular complexity index is 1510. The van der Waals surface area contributed by atoms with E-state index < -0.39 is 46.2 Å². The molecule has 0 aromatic heterocycles. The predicted octanol–water partition coefficient (Wildman–Crippen LogP) is 5.85. The van der Waals surface area contributed by atoms with Gasteiger partial charge in [0.2, 0.25) is 11.8 Å². The van der Waals surface area contributed by atoms with E-state index in [-0.39, 0.29) is 23.2 Å². The summed E-state index contributed by atoms with van der Waals surface area (Å²) in [5.41, 5.74) is 1.02. The first-order valence-electron chi connectivity index (χ1n) is 13.6. The summed E-state index contributed by atoms with van der Waals surface area (Å²) < 4.78 is 69.2. The minimum absolute atomic E-state index is 0.0172. The topological polar surface area (TPSA) is 86.8 Å². The van der Waals surface area contributed by atoms with Gasteiger partial charge in [0.15, 0.2) is 0 Å². The van der Waals surface area contributed by atoms with Crippen molar-refractivity contribution in [1.29, 1.82) is 0 Å². The maximum Gasteiger partial charge on any atom is 0.416 e. The summed E-state index contributed by atoms with van der Waals surface area (Å²) in [6, 6.07) is 15.7. The molecule has 0 fully saturated rings. The van der Waals surface area contributed by atoms with Gasteiger partial charge in [0.05, 0.1) is 16.1 Å². The molecule has 0 saturated carbocycles. The van der Waals surface area contributed by atoms with Crippen LogP contribution in [0.2, 0.25) is 0 Å². The van der Waals surface area contributed by atoms with E-state index >= 15 is 0 Å². The highest BCUT2D eigenvalue weighted by Crippen LogP contribution is 2.33. The first kappa shape index (κ1) is 32.7. The molecular weight excluding hydrogens is 567 g/mol. The van der Waals surface area contributed by atoms with Crippen molar-refractivity contribution in [2.45, 2.75) is 70.7 Å². The molecule has 3 aromatic rings. The van der Waals surface area contributed by atoms with Crippen LogP contribution in [0.3, 0.4) is 0 Å². The second kappa shape index (κ2) is 13.4. The molecule has 2 atom stereocenters. The fraction of sp³-hybridized carbons (Fsp3) is 0.355. The monoisotopic (exact) mass is 603 g/mol. The molecule has 0 unspecified atom stereocenters. The van der Waals surface area contributed by atoms with Crippen molar-refractivity contribution < 1.29 is 31.2 Å². The van der Waals surface area contributed by atoms with E-state index in [2.05, 4.69) is 5.32 Å². The zero-order valence-electron chi connectivity index (χ0n) is 24.3. The van der Waals surface area contributed by atoms with Crippen molar-refractivity contribution in [1.82, 2.24) is 10.2 Å². The summed E-state index contributed by atoms with van der Waals surface area (Å²) in [4.78, 5) is 28.1. The van der Waals surface area contributed by atoms with Crippen LogP contribution in [0.25, 0.3) is 0 Å². The molecule has 0 aliphatic heterocycles. The molecule has 7 nitrogen and oxygen atoms in total. The predicted molar refractivity (Wildman–Crippen MR) is 156 cm³/mol. The van der Waals surface area contributed by atoms with Crippen molar-refractivity contribution >= 4 is 27.5 Å². The van der Waals surface area contributed by atoms with Gasteiger partial charge >= 0.3 is 6.18 Å². The number of aryl methyl sites for hydroxylation is 2. The lowest BCUT2D eigenvalue weighted by atomic mass is 10.1. The normalized spacial score (nSPS) is 13.2. The third kappa shape index (κ3) is 8.12. The summed E-state index contributed by atoms with van der Waals surface area (Å²) >= 11 is 0. The Morgan fingerprint density at radius 2 is 1.55 bits per heavy atom. The SMILES string of the molecule is CC[C@H](C)NC(=O)[C@H](C)N(Cc1cccc(C)c1)C(=O)CN(c1cccc(C(F)(F)F)c1)S(=O)(=O)c1ccc(C)cc1. The van der Waals surface area contributed by atoms with Gasteiger partial charge in [-0.2, -0.15) is 13.2 Å². The molecule has 0 heterocycles. The van der Waals surface area contributed by atoms with E-state index in [1.807, 2.05) is 32.9 Å². The summed E-state index contributed by atoms with van der Waals surface area (Å²) in [6.07, 6.45) is -4.08. The van der Waals surface area contributed by atoms with Gasteiger partial charge in [0.1, 0.15) is 12.6 Å². The lowest BCUT2D eigenvalue weighted by Crippen LogP contribution is -2.52. The minimum Gasteiger partial charge on any atom is -0.352 e. The van der Waals surface area contributed by atoms with Crippen LogP contribution in [0, 0.1) is 13.8 Å². The fourth-order valence-electron chi connectivity index (χ4n) is 4.26. The maximum absolute atomic E-state index is 13.9. The minimum atomic E-state index is -4.74. The van der Waals surface area contributed by atoms with E-state index in [0.29, 0.717) is 22.4 Å². The number of anilines is 1. The largest absolute Gasteiger partial charge is 0.416 e. The number of benzene rings is 3. The van der Waals surface area contributed by atoms with Gasteiger partial charge in [-0.05, 0) is 70.0 Å². The lowest BCUT2D eigenvalue weighted by Gasteiger charge is -2.32. The smallest absolute Gasteiger partial charge is 0.352 e. The highest BCUT2D eigenvalue weighted by Gasteiger charge is 2.35. The van der Waals surface area contributed by atoms with Crippen LogP contribution < -0.4 is 9.62 Å². The Morgan fingerprint density at radius 1 is 0.905 bits per heavy atom. The van der Waals surface area contributed by atoms with Gasteiger partial charge in [0, 0.05) is 12.6 Å². The van der Waals surface area contributed by atoms with Crippen molar-refractivity contribution in [2.75, 3.05) is 10.8 Å². The van der Waals surface area contributed by atoms with Gasteiger partial charge < -0.3 is 10.2 Å². The number of hydrogen-bond donors (Lipinski definition) is 1. The molecule has 0 saturated heterocycles. The number of sulfonamides is 1. The Balaban J connectivity index is 2.09. The van der Waals surface area contributed by atoms with E-state index in [4.69, 9.17) is 0 Å². The Hall–Kier alpha value is -3.86. The Morgan fingerprint density at radius 3 is 2.14 bits per heavy atom. The summed E-state index contributed by atoms with van der Waals surface area (Å²) in [5, 5.41) is 2.84. The van der Waals surface area contributed by atoms with Crippen LogP contribution >= 0.6 is 0 Å². The molecule has 3 rings (SSSR count). The van der Waals surface area contributed by atoms with Crippen LogP contribution in [0.15, 0.2) is 77.7 Å². The lowest BCUT2D eigenvalue weighted by molar-refractivity contribution is -0.139. The number of carbonyl (C=O) groups is 2. The molecule has 0 aliphatic rings. The van der Waals surface area contributed by atoms with Gasteiger partial charge in [0.25, 0.3) is 10.0 Å². The number of carbonyl (C=O) groups excluding carboxylic acids is 2. The fourth-order valence-corrected chi connectivity index (χ4v) is 5.66. The molecule has 0 bridgehead atoms. The molecular formula is C31H36F3N3O4S. The number of rotatable bonds is 11. The Kier molecular flexibility index (Phi) is 10.4. The van der Waals surface area contributed by atoms with E-state index in [9.17, 15) is 31.2 Å². The summed E-state index contributed by atoms with van der Waals surface area (Å²) in [7, 11) is -4.49. The maximum atomic E-state index is 13.9. The van der Waals surface area contributed by atoms with Gasteiger partial charge in [-0.3, -0.25) is 13.9 Å². The average molecular weight is 604 g/mol. The number of hydrogen-bond acceptors (Lipinski definition) is 4. The van der Waals surface area contributed by atoms with E-state index in [1.54, 1.807) is 31.2 Å². The molecule has 0 aliphatic carbocycles. The van der Waals surface area contributed by atoms with E-state index in [1.165, 1.54) is 30.0 Å². The molecule has 226 valence electrons. The van der Waals surface area contributed by atoms with Crippen molar-refractivity contribution in [3.63, 3.8) is 0 Å². The summed E-state index contributed by atoms with van der Waals surface area (Å²) in [5.74, 6) is -1.19. The zero-order valence-corrected chi connectivity index (χ0v) is 25.1. The van der Waals surface area contributed by atoms with Crippen molar-refractivity contribution in [2.24, 2.45) is 0 Å². The highest BCUT2D eigenvalue weighted by molar-refractivity contribution is 7.92. The first-order chi connectivity index (χ1) is 19.6. The molecule has 0 radical (unpaired) electrons.